The maximum absolute atomic E-state index is 12.1. The Hall–Kier alpha value is -0.430. The highest BCUT2D eigenvalue weighted by Gasteiger charge is 2.22. The molecule has 1 aliphatic carbocycles. The van der Waals surface area contributed by atoms with Crippen molar-refractivity contribution in [1.29, 1.82) is 0 Å². The van der Waals surface area contributed by atoms with Gasteiger partial charge in [-0.05, 0) is 32.3 Å². The van der Waals surface area contributed by atoms with E-state index in [2.05, 4.69) is 10.0 Å². The fraction of sp³-hybridized carbons (Fsp3) is 0.667. The Bertz CT molecular complexity index is 504. The van der Waals surface area contributed by atoms with Crippen molar-refractivity contribution in [2.24, 2.45) is 0 Å². The average molecular weight is 288 g/mol. The van der Waals surface area contributed by atoms with Crippen molar-refractivity contribution < 1.29 is 8.42 Å². The topological polar surface area (TPSA) is 58.2 Å². The second-order valence-corrected chi connectivity index (χ2v) is 7.76. The molecule has 1 aliphatic rings. The fourth-order valence-corrected chi connectivity index (χ4v) is 4.44. The molecular formula is C12H20N2O2S2. The van der Waals surface area contributed by atoms with E-state index < -0.39 is 10.0 Å². The van der Waals surface area contributed by atoms with Crippen molar-refractivity contribution in [3.8, 4) is 0 Å². The Morgan fingerprint density at radius 1 is 1.44 bits per heavy atom. The van der Waals surface area contributed by atoms with E-state index in [1.165, 1.54) is 12.8 Å². The quantitative estimate of drug-likeness (QED) is 0.807. The third-order valence-corrected chi connectivity index (χ3v) is 5.66. The monoisotopic (exact) mass is 288 g/mol. The molecule has 1 heterocycles. The highest BCUT2D eigenvalue weighted by Crippen LogP contribution is 2.27. The normalized spacial score (nSPS) is 16.1. The molecule has 0 atom stereocenters. The molecule has 6 heteroatoms. The minimum atomic E-state index is -3.32. The highest BCUT2D eigenvalue weighted by atomic mass is 32.2. The van der Waals surface area contributed by atoms with Crippen LogP contribution in [0.2, 0.25) is 0 Å². The fourth-order valence-electron chi connectivity index (χ4n) is 1.72. The van der Waals surface area contributed by atoms with Crippen LogP contribution in [0.4, 0.5) is 0 Å². The summed E-state index contributed by atoms with van der Waals surface area (Å²) in [6, 6.07) is 2.44. The molecule has 102 valence electrons. The first-order chi connectivity index (χ1) is 8.53. The minimum Gasteiger partial charge on any atom is -0.309 e. The van der Waals surface area contributed by atoms with E-state index in [-0.39, 0.29) is 0 Å². The Balaban J connectivity index is 2.07. The van der Waals surface area contributed by atoms with Crippen LogP contribution in [-0.4, -0.2) is 21.0 Å². The Kier molecular flexibility index (Phi) is 4.42. The zero-order valence-corrected chi connectivity index (χ0v) is 12.5. The SMILES string of the molecule is CCCNS(=O)(=O)c1cc(CNC2CC2)sc1C. The number of hydrogen-bond acceptors (Lipinski definition) is 4. The van der Waals surface area contributed by atoms with Gasteiger partial charge in [0, 0.05) is 28.9 Å². The van der Waals surface area contributed by atoms with E-state index in [0.29, 0.717) is 17.5 Å². The summed E-state index contributed by atoms with van der Waals surface area (Å²) in [4.78, 5) is 2.40. The molecule has 4 nitrogen and oxygen atoms in total. The Morgan fingerprint density at radius 3 is 2.78 bits per heavy atom. The third kappa shape index (κ3) is 3.54. The van der Waals surface area contributed by atoms with Crippen LogP contribution in [0.5, 0.6) is 0 Å². The molecule has 2 N–H and O–H groups in total. The second kappa shape index (κ2) is 5.69. The third-order valence-electron chi connectivity index (χ3n) is 2.90. The smallest absolute Gasteiger partial charge is 0.241 e. The van der Waals surface area contributed by atoms with E-state index in [4.69, 9.17) is 0 Å². The molecule has 0 saturated heterocycles. The van der Waals surface area contributed by atoms with Crippen LogP contribution in [0.25, 0.3) is 0 Å². The standard InChI is InChI=1S/C12H20N2O2S2/c1-3-6-14-18(15,16)12-7-11(17-9(12)2)8-13-10-4-5-10/h7,10,13-14H,3-6,8H2,1-2H3. The van der Waals surface area contributed by atoms with E-state index in [0.717, 1.165) is 22.7 Å². The average Bonchev–Trinajstić information content (AvgIpc) is 3.07. The molecule has 1 fully saturated rings. The van der Waals surface area contributed by atoms with Gasteiger partial charge in [0.2, 0.25) is 10.0 Å². The molecule has 0 spiro atoms. The molecule has 0 bridgehead atoms. The number of aryl methyl sites for hydroxylation is 1. The first kappa shape index (κ1) is 14.0. The summed E-state index contributed by atoms with van der Waals surface area (Å²) in [6.45, 7) is 5.09. The minimum absolute atomic E-state index is 0.438. The maximum Gasteiger partial charge on any atom is 0.241 e. The molecule has 0 aliphatic heterocycles. The van der Waals surface area contributed by atoms with E-state index >= 15 is 0 Å². The molecule has 2 rings (SSSR count). The van der Waals surface area contributed by atoms with Crippen LogP contribution in [-0.2, 0) is 16.6 Å². The summed E-state index contributed by atoms with van der Waals surface area (Å²) in [6.07, 6.45) is 3.29. The number of rotatable bonds is 7. The van der Waals surface area contributed by atoms with Gasteiger partial charge in [0.1, 0.15) is 0 Å². The molecule has 0 unspecified atom stereocenters. The molecule has 0 amide bonds. The van der Waals surface area contributed by atoms with Gasteiger partial charge in [0.25, 0.3) is 0 Å². The van der Waals surface area contributed by atoms with Crippen LogP contribution in [0.15, 0.2) is 11.0 Å². The number of hydrogen-bond donors (Lipinski definition) is 2. The van der Waals surface area contributed by atoms with Gasteiger partial charge in [0.05, 0.1) is 4.90 Å². The molecule has 1 saturated carbocycles. The van der Waals surface area contributed by atoms with Crippen LogP contribution in [0.3, 0.4) is 0 Å². The van der Waals surface area contributed by atoms with Crippen molar-refractivity contribution in [3.05, 3.63) is 15.8 Å². The summed E-state index contributed by atoms with van der Waals surface area (Å²) in [5.41, 5.74) is 0. The largest absolute Gasteiger partial charge is 0.309 e. The lowest BCUT2D eigenvalue weighted by molar-refractivity contribution is 0.580. The van der Waals surface area contributed by atoms with Crippen LogP contribution >= 0.6 is 11.3 Å². The zero-order valence-electron chi connectivity index (χ0n) is 10.8. The summed E-state index contributed by atoms with van der Waals surface area (Å²) in [7, 11) is -3.32. The van der Waals surface area contributed by atoms with Crippen LogP contribution < -0.4 is 10.0 Å². The first-order valence-electron chi connectivity index (χ1n) is 6.35. The summed E-state index contributed by atoms with van der Waals surface area (Å²) >= 11 is 1.56. The number of nitrogens with one attached hydrogen (secondary N) is 2. The van der Waals surface area contributed by atoms with Crippen LogP contribution in [0, 0.1) is 6.92 Å². The molecular weight excluding hydrogens is 268 g/mol. The van der Waals surface area contributed by atoms with E-state index in [9.17, 15) is 8.42 Å². The van der Waals surface area contributed by atoms with Gasteiger partial charge in [0.15, 0.2) is 0 Å². The maximum atomic E-state index is 12.1. The van der Waals surface area contributed by atoms with Gasteiger partial charge in [-0.25, -0.2) is 13.1 Å². The van der Waals surface area contributed by atoms with Gasteiger partial charge in [-0.15, -0.1) is 11.3 Å². The lowest BCUT2D eigenvalue weighted by Gasteiger charge is -2.03. The van der Waals surface area contributed by atoms with Crippen molar-refractivity contribution in [2.45, 2.75) is 50.6 Å². The van der Waals surface area contributed by atoms with Crippen molar-refractivity contribution in [2.75, 3.05) is 6.54 Å². The summed E-state index contributed by atoms with van der Waals surface area (Å²) in [5.74, 6) is 0. The van der Waals surface area contributed by atoms with Gasteiger partial charge < -0.3 is 5.32 Å². The predicted molar refractivity (Wildman–Crippen MR) is 74.4 cm³/mol. The summed E-state index contributed by atoms with van der Waals surface area (Å²) < 4.78 is 26.7. The molecule has 0 aromatic carbocycles. The van der Waals surface area contributed by atoms with Crippen molar-refractivity contribution in [3.63, 3.8) is 0 Å². The van der Waals surface area contributed by atoms with Crippen molar-refractivity contribution >= 4 is 21.4 Å². The van der Waals surface area contributed by atoms with E-state index in [1.807, 2.05) is 13.8 Å². The first-order valence-corrected chi connectivity index (χ1v) is 8.65. The Morgan fingerprint density at radius 2 is 2.17 bits per heavy atom. The lowest BCUT2D eigenvalue weighted by Crippen LogP contribution is -2.24. The lowest BCUT2D eigenvalue weighted by atomic mass is 10.4. The van der Waals surface area contributed by atoms with Crippen LogP contribution in [0.1, 0.15) is 35.9 Å². The number of sulfonamides is 1. The molecule has 0 radical (unpaired) electrons. The number of thiophene rings is 1. The van der Waals surface area contributed by atoms with Crippen molar-refractivity contribution in [1.82, 2.24) is 10.0 Å². The summed E-state index contributed by atoms with van der Waals surface area (Å²) in [5, 5.41) is 3.40. The van der Waals surface area contributed by atoms with Gasteiger partial charge >= 0.3 is 0 Å². The van der Waals surface area contributed by atoms with Gasteiger partial charge in [-0.2, -0.15) is 0 Å². The predicted octanol–water partition coefficient (Wildman–Crippen LogP) is 2.00. The highest BCUT2D eigenvalue weighted by molar-refractivity contribution is 7.89. The second-order valence-electron chi connectivity index (χ2n) is 4.69. The van der Waals surface area contributed by atoms with Gasteiger partial charge in [-0.1, -0.05) is 6.92 Å². The zero-order chi connectivity index (χ0) is 13.2. The molecule has 18 heavy (non-hydrogen) atoms. The molecule has 1 aromatic heterocycles. The Labute approximate surface area is 113 Å². The van der Waals surface area contributed by atoms with E-state index in [1.54, 1.807) is 17.4 Å². The van der Waals surface area contributed by atoms with Gasteiger partial charge in [-0.3, -0.25) is 0 Å². The molecule has 1 aromatic rings.